The van der Waals surface area contributed by atoms with Crippen molar-refractivity contribution in [3.63, 3.8) is 0 Å². The smallest absolute Gasteiger partial charge is 0.329 e. The Balaban J connectivity index is 1.52. The summed E-state index contributed by atoms with van der Waals surface area (Å²) in [7, 11) is 0. The maximum absolute atomic E-state index is 13.1. The van der Waals surface area contributed by atoms with E-state index in [2.05, 4.69) is 15.1 Å². The Labute approximate surface area is 174 Å². The molecule has 3 aromatic carbocycles. The molecule has 0 bridgehead atoms. The summed E-state index contributed by atoms with van der Waals surface area (Å²) in [6, 6.07) is 19.9. The van der Waals surface area contributed by atoms with Gasteiger partial charge in [-0.15, -0.1) is 0 Å². The zero-order chi connectivity index (χ0) is 21.4. The molecule has 5 rings (SSSR count). The van der Waals surface area contributed by atoms with Crippen LogP contribution in [0, 0.1) is 5.82 Å². The zero-order valence-corrected chi connectivity index (χ0v) is 16.1. The van der Waals surface area contributed by atoms with Gasteiger partial charge in [0.05, 0.1) is 17.4 Å². The number of H-pyrrole nitrogens is 1. The van der Waals surface area contributed by atoms with Crippen molar-refractivity contribution in [1.82, 2.24) is 19.7 Å². The van der Waals surface area contributed by atoms with Crippen LogP contribution < -0.4 is 11.2 Å². The number of benzene rings is 3. The first-order valence-corrected chi connectivity index (χ1v) is 9.49. The fraction of sp³-hybridized carbons (Fsp3) is 0.0435. The first kappa shape index (κ1) is 18.7. The Morgan fingerprint density at radius 3 is 2.45 bits per heavy atom. The molecule has 31 heavy (non-hydrogen) atoms. The third-order valence-corrected chi connectivity index (χ3v) is 4.94. The maximum Gasteiger partial charge on any atom is 0.329 e. The van der Waals surface area contributed by atoms with Crippen LogP contribution in [0.2, 0.25) is 0 Å². The van der Waals surface area contributed by atoms with E-state index in [0.29, 0.717) is 27.9 Å². The van der Waals surface area contributed by atoms with E-state index in [0.717, 1.165) is 10.1 Å². The number of aromatic nitrogens is 4. The van der Waals surface area contributed by atoms with Crippen LogP contribution in [0.1, 0.15) is 5.56 Å². The van der Waals surface area contributed by atoms with E-state index in [-0.39, 0.29) is 23.8 Å². The molecule has 7 nitrogen and oxygen atoms in total. The van der Waals surface area contributed by atoms with Crippen molar-refractivity contribution in [2.24, 2.45) is 0 Å². The molecule has 0 fully saturated rings. The summed E-state index contributed by atoms with van der Waals surface area (Å²) >= 11 is 0. The summed E-state index contributed by atoms with van der Waals surface area (Å²) in [4.78, 5) is 32.5. The molecule has 8 heteroatoms. The van der Waals surface area contributed by atoms with Gasteiger partial charge in [0.25, 0.3) is 11.4 Å². The van der Waals surface area contributed by atoms with E-state index in [4.69, 9.17) is 4.52 Å². The van der Waals surface area contributed by atoms with Gasteiger partial charge in [-0.2, -0.15) is 4.98 Å². The van der Waals surface area contributed by atoms with Gasteiger partial charge in [-0.3, -0.25) is 9.36 Å². The highest BCUT2D eigenvalue weighted by atomic mass is 19.1. The van der Waals surface area contributed by atoms with Gasteiger partial charge in [0.15, 0.2) is 0 Å². The van der Waals surface area contributed by atoms with Crippen LogP contribution in [-0.2, 0) is 6.54 Å². The van der Waals surface area contributed by atoms with Crippen LogP contribution in [0.3, 0.4) is 0 Å². The van der Waals surface area contributed by atoms with Crippen LogP contribution in [0.5, 0.6) is 0 Å². The van der Waals surface area contributed by atoms with Gasteiger partial charge in [-0.05, 0) is 48.0 Å². The van der Waals surface area contributed by atoms with Gasteiger partial charge in [0.1, 0.15) is 5.82 Å². The molecule has 0 unspecified atom stereocenters. The molecule has 0 saturated heterocycles. The number of hydrogen-bond acceptors (Lipinski definition) is 5. The molecular weight excluding hydrogens is 399 g/mol. The normalized spacial score (nSPS) is 11.1. The average Bonchev–Trinajstić information content (AvgIpc) is 3.28. The number of fused-ring (bicyclic) bond motifs is 1. The monoisotopic (exact) mass is 414 g/mol. The topological polar surface area (TPSA) is 93.8 Å². The summed E-state index contributed by atoms with van der Waals surface area (Å²) in [5.41, 5.74) is 1.49. The van der Waals surface area contributed by atoms with E-state index in [1.807, 2.05) is 30.3 Å². The summed E-state index contributed by atoms with van der Waals surface area (Å²) in [5, 5.41) is 4.30. The van der Waals surface area contributed by atoms with Crippen LogP contribution in [0.25, 0.3) is 33.7 Å². The van der Waals surface area contributed by atoms with E-state index in [9.17, 15) is 14.0 Å². The minimum absolute atomic E-state index is 0.178. The predicted molar refractivity (Wildman–Crippen MR) is 113 cm³/mol. The first-order valence-electron chi connectivity index (χ1n) is 9.49. The molecule has 0 spiro atoms. The Morgan fingerprint density at radius 2 is 1.68 bits per heavy atom. The van der Waals surface area contributed by atoms with Gasteiger partial charge in [-0.25, -0.2) is 9.18 Å². The minimum atomic E-state index is -0.504. The van der Waals surface area contributed by atoms with Crippen molar-refractivity contribution in [2.75, 3.05) is 0 Å². The summed E-state index contributed by atoms with van der Waals surface area (Å²) in [6.45, 7) is 0.178. The molecule has 0 radical (unpaired) electrons. The Kier molecular flexibility index (Phi) is 4.51. The second-order valence-electron chi connectivity index (χ2n) is 7.00. The highest BCUT2D eigenvalue weighted by Gasteiger charge is 2.14. The van der Waals surface area contributed by atoms with Crippen LogP contribution in [0.15, 0.2) is 86.9 Å². The Hall–Kier alpha value is -4.33. The third kappa shape index (κ3) is 3.55. The van der Waals surface area contributed by atoms with E-state index >= 15 is 0 Å². The first-order chi connectivity index (χ1) is 15.1. The number of aromatic amines is 1. The second kappa shape index (κ2) is 7.49. The molecule has 2 heterocycles. The highest BCUT2D eigenvalue weighted by Crippen LogP contribution is 2.24. The number of nitrogens with one attached hydrogen (secondary N) is 1. The molecule has 0 saturated carbocycles. The van der Waals surface area contributed by atoms with Crippen molar-refractivity contribution in [3.8, 4) is 22.8 Å². The van der Waals surface area contributed by atoms with Crippen LogP contribution in [-0.4, -0.2) is 19.7 Å². The summed E-state index contributed by atoms with van der Waals surface area (Å²) in [6.07, 6.45) is 0. The number of nitrogens with zero attached hydrogens (tertiary/aromatic N) is 3. The highest BCUT2D eigenvalue weighted by molar-refractivity contribution is 5.82. The van der Waals surface area contributed by atoms with Gasteiger partial charge in [0, 0.05) is 11.1 Å². The Morgan fingerprint density at radius 1 is 0.935 bits per heavy atom. The molecule has 152 valence electrons. The van der Waals surface area contributed by atoms with Gasteiger partial charge in [-0.1, -0.05) is 35.5 Å². The lowest BCUT2D eigenvalue weighted by atomic mass is 10.1. The lowest BCUT2D eigenvalue weighted by molar-refractivity contribution is 0.432. The standard InChI is InChI=1S/C23H15FN4O3/c24-17-9-6-15(7-10-17)20-26-21(31-27-20)16-8-11-18-19(12-16)25-23(30)28(22(18)29)13-14-4-2-1-3-5-14/h1-12H,13H2,(H,25,30). The minimum Gasteiger partial charge on any atom is -0.334 e. The lowest BCUT2D eigenvalue weighted by Gasteiger charge is -2.07. The zero-order valence-electron chi connectivity index (χ0n) is 16.1. The fourth-order valence-electron chi connectivity index (χ4n) is 3.35. The second-order valence-corrected chi connectivity index (χ2v) is 7.00. The molecule has 0 amide bonds. The Bertz CT molecular complexity index is 1500. The summed E-state index contributed by atoms with van der Waals surface area (Å²) < 4.78 is 19.6. The number of hydrogen-bond donors (Lipinski definition) is 1. The molecule has 0 aliphatic heterocycles. The third-order valence-electron chi connectivity index (χ3n) is 4.94. The number of halogens is 1. The van der Waals surface area contributed by atoms with E-state index < -0.39 is 5.69 Å². The molecule has 0 aliphatic carbocycles. The molecular formula is C23H15FN4O3. The molecule has 2 aromatic heterocycles. The fourth-order valence-corrected chi connectivity index (χ4v) is 3.35. The van der Waals surface area contributed by atoms with Gasteiger partial charge >= 0.3 is 5.69 Å². The van der Waals surface area contributed by atoms with E-state index in [1.165, 1.54) is 12.1 Å². The quantitative estimate of drug-likeness (QED) is 0.485. The number of rotatable bonds is 4. The van der Waals surface area contributed by atoms with Crippen molar-refractivity contribution in [1.29, 1.82) is 0 Å². The van der Waals surface area contributed by atoms with Gasteiger partial charge < -0.3 is 9.51 Å². The lowest BCUT2D eigenvalue weighted by Crippen LogP contribution is -2.35. The van der Waals surface area contributed by atoms with Crippen molar-refractivity contribution in [2.45, 2.75) is 6.54 Å². The van der Waals surface area contributed by atoms with Crippen molar-refractivity contribution < 1.29 is 8.91 Å². The SMILES string of the molecule is O=c1[nH]c2cc(-c3nc(-c4ccc(F)cc4)no3)ccc2c(=O)n1Cc1ccccc1. The molecule has 5 aromatic rings. The molecule has 0 aliphatic rings. The van der Waals surface area contributed by atoms with Gasteiger partial charge in [0.2, 0.25) is 5.82 Å². The molecule has 1 N–H and O–H groups in total. The van der Waals surface area contributed by atoms with Crippen molar-refractivity contribution >= 4 is 10.9 Å². The largest absolute Gasteiger partial charge is 0.334 e. The van der Waals surface area contributed by atoms with Crippen LogP contribution in [0.4, 0.5) is 4.39 Å². The summed E-state index contributed by atoms with van der Waals surface area (Å²) in [5.74, 6) is 0.168. The average molecular weight is 414 g/mol. The molecule has 0 atom stereocenters. The van der Waals surface area contributed by atoms with Crippen molar-refractivity contribution in [3.05, 3.63) is 105 Å². The van der Waals surface area contributed by atoms with Crippen LogP contribution >= 0.6 is 0 Å². The maximum atomic E-state index is 13.1. The van der Waals surface area contributed by atoms with E-state index in [1.54, 1.807) is 30.3 Å². The predicted octanol–water partition coefficient (Wildman–Crippen LogP) is 3.59.